The molecule has 0 heterocycles. The maximum atomic E-state index is 12.2. The van der Waals surface area contributed by atoms with Crippen molar-refractivity contribution >= 4 is 11.6 Å². The Kier molecular flexibility index (Phi) is 6.70. The van der Waals surface area contributed by atoms with E-state index in [9.17, 15) is 4.79 Å². The van der Waals surface area contributed by atoms with E-state index in [1.807, 2.05) is 39.0 Å². The molecule has 0 spiro atoms. The van der Waals surface area contributed by atoms with E-state index in [2.05, 4.69) is 16.7 Å². The molecule has 0 aliphatic heterocycles. The molecule has 0 aromatic heterocycles. The average molecular weight is 289 g/mol. The summed E-state index contributed by atoms with van der Waals surface area (Å²) in [5.74, 6) is 0.595. The van der Waals surface area contributed by atoms with Crippen LogP contribution >= 0.6 is 0 Å². The van der Waals surface area contributed by atoms with Gasteiger partial charge in [0, 0.05) is 18.2 Å². The number of nitrogens with zero attached hydrogens (tertiary/aromatic N) is 1. The number of hydrogen-bond donors (Lipinski definition) is 2. The Labute approximate surface area is 126 Å². The number of amides is 1. The van der Waals surface area contributed by atoms with Crippen LogP contribution in [0.4, 0.5) is 5.69 Å². The van der Waals surface area contributed by atoms with Crippen LogP contribution in [-0.4, -0.2) is 24.6 Å². The third-order valence-electron chi connectivity index (χ3n) is 2.98. The van der Waals surface area contributed by atoms with E-state index in [0.29, 0.717) is 30.9 Å². The van der Waals surface area contributed by atoms with Crippen LogP contribution in [0.1, 0.15) is 33.6 Å². The van der Waals surface area contributed by atoms with E-state index in [1.54, 1.807) is 6.07 Å². The molecule has 0 saturated heterocycles. The molecule has 0 aliphatic rings. The molecule has 0 saturated carbocycles. The SMILES string of the molecule is CCNC(C)(C)C(=O)Nc1cccc(OCCCC#N)c1. The van der Waals surface area contributed by atoms with Gasteiger partial charge in [0.25, 0.3) is 0 Å². The number of benzene rings is 1. The second kappa shape index (κ2) is 8.28. The first-order chi connectivity index (χ1) is 9.99. The van der Waals surface area contributed by atoms with E-state index < -0.39 is 5.54 Å². The van der Waals surface area contributed by atoms with Crippen LogP contribution in [-0.2, 0) is 4.79 Å². The fraction of sp³-hybridized carbons (Fsp3) is 0.500. The lowest BCUT2D eigenvalue weighted by Gasteiger charge is -2.24. The highest BCUT2D eigenvalue weighted by Gasteiger charge is 2.26. The molecule has 21 heavy (non-hydrogen) atoms. The third kappa shape index (κ3) is 5.84. The summed E-state index contributed by atoms with van der Waals surface area (Å²) < 4.78 is 5.55. The number of nitriles is 1. The number of rotatable bonds is 8. The zero-order chi connectivity index (χ0) is 15.7. The molecule has 0 bridgehead atoms. The van der Waals surface area contributed by atoms with Crippen molar-refractivity contribution in [3.63, 3.8) is 0 Å². The van der Waals surface area contributed by atoms with Gasteiger partial charge in [-0.3, -0.25) is 4.79 Å². The van der Waals surface area contributed by atoms with Crippen LogP contribution in [0.2, 0.25) is 0 Å². The first-order valence-corrected chi connectivity index (χ1v) is 7.16. The van der Waals surface area contributed by atoms with Crippen molar-refractivity contribution < 1.29 is 9.53 Å². The summed E-state index contributed by atoms with van der Waals surface area (Å²) in [6, 6.07) is 9.34. The summed E-state index contributed by atoms with van der Waals surface area (Å²) in [5.41, 5.74) is 0.0713. The summed E-state index contributed by atoms with van der Waals surface area (Å²) in [6.45, 7) is 6.86. The lowest BCUT2D eigenvalue weighted by Crippen LogP contribution is -2.49. The van der Waals surface area contributed by atoms with Crippen molar-refractivity contribution in [3.05, 3.63) is 24.3 Å². The highest BCUT2D eigenvalue weighted by Crippen LogP contribution is 2.19. The van der Waals surface area contributed by atoms with Gasteiger partial charge in [0.1, 0.15) is 5.75 Å². The number of ether oxygens (including phenoxy) is 1. The van der Waals surface area contributed by atoms with Crippen molar-refractivity contribution in [1.29, 1.82) is 5.26 Å². The molecule has 0 atom stereocenters. The summed E-state index contributed by atoms with van der Waals surface area (Å²) in [4.78, 5) is 12.2. The number of likely N-dealkylation sites (N-methyl/N-ethyl adjacent to an activating group) is 1. The maximum absolute atomic E-state index is 12.2. The minimum atomic E-state index is -0.627. The topological polar surface area (TPSA) is 74.2 Å². The molecule has 0 fully saturated rings. The van der Waals surface area contributed by atoms with Crippen molar-refractivity contribution in [2.45, 2.75) is 39.2 Å². The molecule has 0 radical (unpaired) electrons. The Morgan fingerprint density at radius 1 is 1.43 bits per heavy atom. The molecule has 2 N–H and O–H groups in total. The molecule has 114 valence electrons. The summed E-state index contributed by atoms with van der Waals surface area (Å²) in [6.07, 6.45) is 1.17. The summed E-state index contributed by atoms with van der Waals surface area (Å²) >= 11 is 0. The van der Waals surface area contributed by atoms with Gasteiger partial charge in [0.05, 0.1) is 18.2 Å². The molecular weight excluding hydrogens is 266 g/mol. The van der Waals surface area contributed by atoms with E-state index in [-0.39, 0.29) is 5.91 Å². The zero-order valence-corrected chi connectivity index (χ0v) is 12.9. The Morgan fingerprint density at radius 2 is 2.19 bits per heavy atom. The van der Waals surface area contributed by atoms with E-state index in [1.165, 1.54) is 0 Å². The Bertz CT molecular complexity index is 506. The minimum Gasteiger partial charge on any atom is -0.493 e. The third-order valence-corrected chi connectivity index (χ3v) is 2.98. The van der Waals surface area contributed by atoms with Gasteiger partial charge < -0.3 is 15.4 Å². The Hall–Kier alpha value is -2.06. The van der Waals surface area contributed by atoms with Gasteiger partial charge in [0.15, 0.2) is 0 Å². The normalized spacial score (nSPS) is 10.8. The molecule has 5 heteroatoms. The van der Waals surface area contributed by atoms with Crippen LogP contribution in [0.25, 0.3) is 0 Å². The van der Waals surface area contributed by atoms with Crippen molar-refractivity contribution in [3.8, 4) is 11.8 Å². The number of carbonyl (C=O) groups is 1. The molecule has 1 aromatic rings. The van der Waals surface area contributed by atoms with Crippen LogP contribution in [0.15, 0.2) is 24.3 Å². The molecular formula is C16H23N3O2. The molecule has 0 aliphatic carbocycles. The lowest BCUT2D eigenvalue weighted by molar-refractivity contribution is -0.121. The van der Waals surface area contributed by atoms with E-state index in [4.69, 9.17) is 10.00 Å². The van der Waals surface area contributed by atoms with Crippen molar-refractivity contribution in [2.75, 3.05) is 18.5 Å². The number of nitrogens with one attached hydrogen (secondary N) is 2. The van der Waals surface area contributed by atoms with Gasteiger partial charge in [-0.25, -0.2) is 0 Å². The van der Waals surface area contributed by atoms with Crippen molar-refractivity contribution in [1.82, 2.24) is 5.32 Å². The van der Waals surface area contributed by atoms with Gasteiger partial charge in [-0.1, -0.05) is 13.0 Å². The lowest BCUT2D eigenvalue weighted by atomic mass is 10.0. The van der Waals surface area contributed by atoms with Gasteiger partial charge in [-0.2, -0.15) is 5.26 Å². The van der Waals surface area contributed by atoms with Gasteiger partial charge in [0.2, 0.25) is 5.91 Å². The number of unbranched alkanes of at least 4 members (excludes halogenated alkanes) is 1. The molecule has 0 unspecified atom stereocenters. The largest absolute Gasteiger partial charge is 0.493 e. The second-order valence-electron chi connectivity index (χ2n) is 5.25. The van der Waals surface area contributed by atoms with Gasteiger partial charge in [-0.15, -0.1) is 0 Å². The molecule has 1 amide bonds. The number of hydrogen-bond acceptors (Lipinski definition) is 4. The zero-order valence-electron chi connectivity index (χ0n) is 12.9. The Balaban J connectivity index is 2.60. The fourth-order valence-corrected chi connectivity index (χ4v) is 1.81. The van der Waals surface area contributed by atoms with Gasteiger partial charge in [-0.05, 0) is 38.9 Å². The minimum absolute atomic E-state index is 0.0917. The average Bonchev–Trinajstić information content (AvgIpc) is 2.44. The second-order valence-corrected chi connectivity index (χ2v) is 5.25. The highest BCUT2D eigenvalue weighted by molar-refractivity contribution is 5.97. The molecule has 5 nitrogen and oxygen atoms in total. The predicted octanol–water partition coefficient (Wildman–Crippen LogP) is 2.70. The van der Waals surface area contributed by atoms with Crippen LogP contribution < -0.4 is 15.4 Å². The fourth-order valence-electron chi connectivity index (χ4n) is 1.81. The summed E-state index contributed by atoms with van der Waals surface area (Å²) in [5, 5.41) is 14.5. The quantitative estimate of drug-likeness (QED) is 0.722. The van der Waals surface area contributed by atoms with Crippen molar-refractivity contribution in [2.24, 2.45) is 0 Å². The number of carbonyl (C=O) groups excluding carboxylic acids is 1. The monoisotopic (exact) mass is 289 g/mol. The molecule has 1 rings (SSSR count). The standard InChI is InChI=1S/C16H23N3O2/c1-4-18-16(2,3)15(20)19-13-8-7-9-14(12-13)21-11-6-5-10-17/h7-9,12,18H,4-6,11H2,1-3H3,(H,19,20). The predicted molar refractivity (Wildman–Crippen MR) is 83.2 cm³/mol. The molecule has 1 aromatic carbocycles. The van der Waals surface area contributed by atoms with Gasteiger partial charge >= 0.3 is 0 Å². The summed E-state index contributed by atoms with van der Waals surface area (Å²) in [7, 11) is 0. The number of anilines is 1. The van der Waals surface area contributed by atoms with Crippen LogP contribution in [0.5, 0.6) is 5.75 Å². The maximum Gasteiger partial charge on any atom is 0.244 e. The van der Waals surface area contributed by atoms with E-state index in [0.717, 1.165) is 6.54 Å². The van der Waals surface area contributed by atoms with E-state index >= 15 is 0 Å². The first-order valence-electron chi connectivity index (χ1n) is 7.16. The first kappa shape index (κ1) is 17.0. The van der Waals surface area contributed by atoms with Crippen LogP contribution in [0, 0.1) is 11.3 Å². The highest BCUT2D eigenvalue weighted by atomic mass is 16.5. The van der Waals surface area contributed by atoms with Crippen LogP contribution in [0.3, 0.4) is 0 Å². The smallest absolute Gasteiger partial charge is 0.244 e. The Morgan fingerprint density at radius 3 is 2.86 bits per heavy atom.